The molecule has 3 aromatic carbocycles. The van der Waals surface area contributed by atoms with Gasteiger partial charge in [0, 0.05) is 42.4 Å². The summed E-state index contributed by atoms with van der Waals surface area (Å²) >= 11 is 3.60. The van der Waals surface area contributed by atoms with Gasteiger partial charge in [-0.1, -0.05) is 24.3 Å². The Kier molecular flexibility index (Phi) is 9.75. The molecule has 188 valence electrons. The van der Waals surface area contributed by atoms with E-state index in [1.807, 2.05) is 66.4 Å². The molecule has 0 saturated heterocycles. The van der Waals surface area contributed by atoms with Crippen molar-refractivity contribution < 1.29 is 9.53 Å². The summed E-state index contributed by atoms with van der Waals surface area (Å²) in [5, 5.41) is 7.18. The number of nitrogens with one attached hydrogen (secondary N) is 2. The SMILES string of the molecule is COc1ccc(CSCCN(C)CCNCC(=O)Nc2ccc(-c3nc4ccccc4s3)cc2)cc1. The molecule has 1 amide bonds. The number of amides is 1. The number of thiazole rings is 1. The van der Waals surface area contributed by atoms with Crippen molar-refractivity contribution in [2.75, 3.05) is 51.4 Å². The molecule has 36 heavy (non-hydrogen) atoms. The summed E-state index contributed by atoms with van der Waals surface area (Å²) in [6.45, 7) is 2.96. The van der Waals surface area contributed by atoms with Crippen LogP contribution in [0.4, 0.5) is 5.69 Å². The number of methoxy groups -OCH3 is 1. The molecular formula is C28H32N4O2S2. The molecule has 2 N–H and O–H groups in total. The van der Waals surface area contributed by atoms with E-state index in [-0.39, 0.29) is 5.91 Å². The maximum Gasteiger partial charge on any atom is 0.238 e. The van der Waals surface area contributed by atoms with Crippen LogP contribution in [0.3, 0.4) is 0 Å². The Morgan fingerprint density at radius 2 is 1.81 bits per heavy atom. The van der Waals surface area contributed by atoms with Crippen LogP contribution in [0, 0.1) is 0 Å². The fraction of sp³-hybridized carbons (Fsp3) is 0.286. The summed E-state index contributed by atoms with van der Waals surface area (Å²) in [6, 6.07) is 24.2. The summed E-state index contributed by atoms with van der Waals surface area (Å²) < 4.78 is 6.37. The average Bonchev–Trinajstić information content (AvgIpc) is 3.34. The first-order valence-electron chi connectivity index (χ1n) is 12.0. The fourth-order valence-electron chi connectivity index (χ4n) is 3.61. The molecule has 0 aliphatic heterocycles. The standard InChI is InChI=1S/C28H32N4O2S2/c1-32(17-18-35-20-21-7-13-24(34-2)14-8-21)16-15-29-19-27(33)30-23-11-9-22(10-12-23)28-31-25-5-3-4-6-26(25)36-28/h3-14,29H,15-20H2,1-2H3,(H,30,33). The van der Waals surface area contributed by atoms with Gasteiger partial charge in [0.15, 0.2) is 0 Å². The van der Waals surface area contributed by atoms with Crippen LogP contribution in [-0.4, -0.2) is 61.9 Å². The number of thioether (sulfide) groups is 1. The lowest BCUT2D eigenvalue weighted by molar-refractivity contribution is -0.115. The van der Waals surface area contributed by atoms with Gasteiger partial charge in [-0.15, -0.1) is 11.3 Å². The fourth-order valence-corrected chi connectivity index (χ4v) is 5.60. The number of nitrogens with zero attached hydrogens (tertiary/aromatic N) is 2. The molecule has 1 heterocycles. The first-order valence-corrected chi connectivity index (χ1v) is 13.9. The van der Waals surface area contributed by atoms with Crippen LogP contribution in [0.2, 0.25) is 0 Å². The van der Waals surface area contributed by atoms with E-state index in [4.69, 9.17) is 9.72 Å². The van der Waals surface area contributed by atoms with E-state index < -0.39 is 0 Å². The largest absolute Gasteiger partial charge is 0.497 e. The maximum absolute atomic E-state index is 12.3. The van der Waals surface area contributed by atoms with Crippen LogP contribution in [0.15, 0.2) is 72.8 Å². The number of anilines is 1. The number of carbonyl (C=O) groups excluding carboxylic acids is 1. The molecule has 0 aliphatic carbocycles. The smallest absolute Gasteiger partial charge is 0.238 e. The molecule has 0 atom stereocenters. The molecule has 0 radical (unpaired) electrons. The zero-order chi connectivity index (χ0) is 25.2. The van der Waals surface area contributed by atoms with E-state index in [9.17, 15) is 4.79 Å². The van der Waals surface area contributed by atoms with E-state index in [1.54, 1.807) is 18.4 Å². The highest BCUT2D eigenvalue weighted by molar-refractivity contribution is 7.98. The summed E-state index contributed by atoms with van der Waals surface area (Å²) in [6.07, 6.45) is 0. The number of fused-ring (bicyclic) bond motifs is 1. The third kappa shape index (κ3) is 7.80. The number of carbonyl (C=O) groups is 1. The summed E-state index contributed by atoms with van der Waals surface area (Å²) in [5.41, 5.74) is 4.16. The number of ether oxygens (including phenoxy) is 1. The Hall–Kier alpha value is -2.91. The highest BCUT2D eigenvalue weighted by atomic mass is 32.2. The lowest BCUT2D eigenvalue weighted by Crippen LogP contribution is -2.35. The van der Waals surface area contributed by atoms with E-state index in [0.717, 1.165) is 58.7 Å². The molecule has 0 spiro atoms. The second kappa shape index (κ2) is 13.4. The lowest BCUT2D eigenvalue weighted by atomic mass is 10.2. The normalized spacial score (nSPS) is 11.2. The molecule has 0 unspecified atom stereocenters. The minimum Gasteiger partial charge on any atom is -0.497 e. The Balaban J connectivity index is 1.09. The molecule has 0 fully saturated rings. The number of hydrogen-bond donors (Lipinski definition) is 2. The lowest BCUT2D eigenvalue weighted by Gasteiger charge is -2.16. The summed E-state index contributed by atoms with van der Waals surface area (Å²) in [5.74, 6) is 2.91. The second-order valence-electron chi connectivity index (χ2n) is 8.49. The predicted octanol–water partition coefficient (Wildman–Crippen LogP) is 5.37. The van der Waals surface area contributed by atoms with Gasteiger partial charge in [-0.05, 0) is 61.1 Å². The minimum atomic E-state index is -0.0413. The van der Waals surface area contributed by atoms with Crippen LogP contribution < -0.4 is 15.4 Å². The molecule has 0 bridgehead atoms. The van der Waals surface area contributed by atoms with E-state index in [0.29, 0.717) is 6.54 Å². The predicted molar refractivity (Wildman–Crippen MR) is 153 cm³/mol. The first-order chi connectivity index (χ1) is 17.6. The van der Waals surface area contributed by atoms with Crippen molar-refractivity contribution in [1.82, 2.24) is 15.2 Å². The van der Waals surface area contributed by atoms with Crippen LogP contribution in [0.5, 0.6) is 5.75 Å². The monoisotopic (exact) mass is 520 g/mol. The molecule has 0 saturated carbocycles. The van der Waals surface area contributed by atoms with Gasteiger partial charge in [-0.2, -0.15) is 11.8 Å². The molecule has 8 heteroatoms. The third-order valence-corrected chi connectivity index (χ3v) is 7.80. The molecule has 6 nitrogen and oxygen atoms in total. The topological polar surface area (TPSA) is 66.5 Å². The number of benzene rings is 3. The zero-order valence-electron chi connectivity index (χ0n) is 20.7. The molecule has 4 aromatic rings. The second-order valence-corrected chi connectivity index (χ2v) is 10.6. The van der Waals surface area contributed by atoms with E-state index >= 15 is 0 Å². The van der Waals surface area contributed by atoms with Crippen LogP contribution in [0.25, 0.3) is 20.8 Å². The Labute approximate surface area is 221 Å². The summed E-state index contributed by atoms with van der Waals surface area (Å²) in [7, 11) is 3.80. The van der Waals surface area contributed by atoms with Crippen LogP contribution in [-0.2, 0) is 10.5 Å². The number of hydrogen-bond acceptors (Lipinski definition) is 7. The van der Waals surface area contributed by atoms with Gasteiger partial charge in [-0.25, -0.2) is 4.98 Å². The number of aromatic nitrogens is 1. The highest BCUT2D eigenvalue weighted by Crippen LogP contribution is 2.30. The third-order valence-electron chi connectivity index (χ3n) is 5.71. The minimum absolute atomic E-state index is 0.0413. The van der Waals surface area contributed by atoms with Crippen molar-refractivity contribution in [3.05, 3.63) is 78.4 Å². The number of para-hydroxylation sites is 1. The quantitative estimate of drug-likeness (QED) is 0.231. The zero-order valence-corrected chi connectivity index (χ0v) is 22.3. The van der Waals surface area contributed by atoms with Crippen molar-refractivity contribution >= 4 is 44.9 Å². The van der Waals surface area contributed by atoms with Gasteiger partial charge < -0.3 is 20.3 Å². The van der Waals surface area contributed by atoms with Crippen molar-refractivity contribution in [3.8, 4) is 16.3 Å². The highest BCUT2D eigenvalue weighted by Gasteiger charge is 2.07. The van der Waals surface area contributed by atoms with Gasteiger partial charge in [0.05, 0.1) is 23.9 Å². The van der Waals surface area contributed by atoms with E-state index in [2.05, 4.69) is 40.8 Å². The van der Waals surface area contributed by atoms with Gasteiger partial charge >= 0.3 is 0 Å². The van der Waals surface area contributed by atoms with Crippen LogP contribution in [0.1, 0.15) is 5.56 Å². The van der Waals surface area contributed by atoms with Gasteiger partial charge in [0.2, 0.25) is 5.91 Å². The number of rotatable bonds is 13. The Morgan fingerprint density at radius 3 is 2.56 bits per heavy atom. The van der Waals surface area contributed by atoms with Gasteiger partial charge in [0.25, 0.3) is 0 Å². The molecular weight excluding hydrogens is 488 g/mol. The Bertz CT molecular complexity index is 1210. The summed E-state index contributed by atoms with van der Waals surface area (Å²) in [4.78, 5) is 19.3. The van der Waals surface area contributed by atoms with Crippen LogP contribution >= 0.6 is 23.1 Å². The Morgan fingerprint density at radius 1 is 1.03 bits per heavy atom. The average molecular weight is 521 g/mol. The van der Waals surface area contributed by atoms with Gasteiger partial charge in [0.1, 0.15) is 10.8 Å². The van der Waals surface area contributed by atoms with Crippen molar-refractivity contribution in [1.29, 1.82) is 0 Å². The van der Waals surface area contributed by atoms with Crippen molar-refractivity contribution in [2.24, 2.45) is 0 Å². The van der Waals surface area contributed by atoms with Crippen molar-refractivity contribution in [3.63, 3.8) is 0 Å². The molecule has 0 aliphatic rings. The van der Waals surface area contributed by atoms with Crippen molar-refractivity contribution in [2.45, 2.75) is 5.75 Å². The van der Waals surface area contributed by atoms with E-state index in [1.165, 1.54) is 10.3 Å². The first kappa shape index (κ1) is 26.2. The number of likely N-dealkylation sites (N-methyl/N-ethyl adjacent to an activating group) is 1. The molecule has 4 rings (SSSR count). The molecule has 1 aromatic heterocycles. The van der Waals surface area contributed by atoms with Gasteiger partial charge in [-0.3, -0.25) is 4.79 Å². The maximum atomic E-state index is 12.3.